The van der Waals surface area contributed by atoms with E-state index in [0.29, 0.717) is 25.5 Å². The Hall–Kier alpha value is -1.21. The monoisotopic (exact) mass is 264 g/mol. The van der Waals surface area contributed by atoms with Crippen molar-refractivity contribution in [2.45, 2.75) is 12.8 Å². The maximum absolute atomic E-state index is 12.8. The van der Waals surface area contributed by atoms with Gasteiger partial charge < -0.3 is 5.73 Å². The molecule has 0 heterocycles. The van der Waals surface area contributed by atoms with E-state index in [1.165, 1.54) is 0 Å². The molecule has 1 rings (SSSR count). The molecule has 0 saturated carbocycles. The normalized spacial score (nSPS) is 11.5. The number of halogens is 2. The van der Waals surface area contributed by atoms with Gasteiger partial charge in [0.25, 0.3) is 0 Å². The van der Waals surface area contributed by atoms with Gasteiger partial charge in [-0.25, -0.2) is 17.2 Å². The largest absolute Gasteiger partial charge is 0.330 e. The van der Waals surface area contributed by atoms with Crippen LogP contribution in [0.2, 0.25) is 0 Å². The predicted octanol–water partition coefficient (Wildman–Crippen LogP) is 1.45. The molecule has 96 valence electrons. The number of benzene rings is 1. The molecule has 0 aliphatic rings. The number of anilines is 1. The van der Waals surface area contributed by atoms with Crippen molar-refractivity contribution in [2.24, 2.45) is 5.73 Å². The Balaban J connectivity index is 2.69. The maximum Gasteiger partial charge on any atom is 0.232 e. The molecule has 4 nitrogen and oxygen atoms in total. The summed E-state index contributed by atoms with van der Waals surface area (Å²) < 4.78 is 50.7. The van der Waals surface area contributed by atoms with Crippen molar-refractivity contribution in [3.8, 4) is 0 Å². The minimum Gasteiger partial charge on any atom is -0.330 e. The molecule has 0 bridgehead atoms. The van der Waals surface area contributed by atoms with E-state index < -0.39 is 21.7 Å². The Morgan fingerprint density at radius 1 is 1.12 bits per heavy atom. The zero-order valence-electron chi connectivity index (χ0n) is 9.12. The Morgan fingerprint density at radius 3 is 2.24 bits per heavy atom. The molecule has 17 heavy (non-hydrogen) atoms. The molecule has 0 amide bonds. The van der Waals surface area contributed by atoms with Crippen LogP contribution in [0.15, 0.2) is 18.2 Å². The SMILES string of the molecule is NCCCCS(=O)(=O)Nc1cc(F)cc(F)c1. The highest BCUT2D eigenvalue weighted by atomic mass is 32.2. The minimum absolute atomic E-state index is 0.116. The van der Waals surface area contributed by atoms with Gasteiger partial charge in [0, 0.05) is 6.07 Å². The molecule has 3 N–H and O–H groups in total. The Bertz CT molecular complexity index is 457. The summed E-state index contributed by atoms with van der Waals surface area (Å²) in [5.41, 5.74) is 5.12. The van der Waals surface area contributed by atoms with E-state index in [1.54, 1.807) is 0 Å². The summed E-state index contributed by atoms with van der Waals surface area (Å²) in [5, 5.41) is 0. The van der Waals surface area contributed by atoms with Gasteiger partial charge in [0.1, 0.15) is 11.6 Å². The summed E-state index contributed by atoms with van der Waals surface area (Å²) in [5.74, 6) is -1.78. The molecule has 0 radical (unpaired) electrons. The van der Waals surface area contributed by atoms with E-state index in [4.69, 9.17) is 5.73 Å². The third kappa shape index (κ3) is 5.10. The Labute approximate surface area is 98.9 Å². The van der Waals surface area contributed by atoms with E-state index in [-0.39, 0.29) is 11.4 Å². The second-order valence-corrected chi connectivity index (χ2v) is 5.42. The molecule has 0 fully saturated rings. The molecule has 0 unspecified atom stereocenters. The molecule has 0 aliphatic carbocycles. The van der Waals surface area contributed by atoms with Crippen molar-refractivity contribution in [1.82, 2.24) is 0 Å². The average Bonchev–Trinajstić information content (AvgIpc) is 2.14. The summed E-state index contributed by atoms with van der Waals surface area (Å²) in [6, 6.07) is 2.51. The second-order valence-electron chi connectivity index (χ2n) is 3.57. The molecular weight excluding hydrogens is 250 g/mol. The first-order valence-electron chi connectivity index (χ1n) is 5.09. The molecule has 1 aromatic carbocycles. The van der Waals surface area contributed by atoms with Crippen LogP contribution < -0.4 is 10.5 Å². The van der Waals surface area contributed by atoms with Gasteiger partial charge in [0.15, 0.2) is 0 Å². The van der Waals surface area contributed by atoms with Gasteiger partial charge in [0.2, 0.25) is 10.0 Å². The van der Waals surface area contributed by atoms with Gasteiger partial charge in [0.05, 0.1) is 11.4 Å². The van der Waals surface area contributed by atoms with Crippen molar-refractivity contribution in [3.05, 3.63) is 29.8 Å². The average molecular weight is 264 g/mol. The highest BCUT2D eigenvalue weighted by Crippen LogP contribution is 2.14. The van der Waals surface area contributed by atoms with Gasteiger partial charge in [-0.3, -0.25) is 4.72 Å². The van der Waals surface area contributed by atoms with E-state index in [2.05, 4.69) is 4.72 Å². The first kappa shape index (κ1) is 13.9. The number of rotatable bonds is 6. The lowest BCUT2D eigenvalue weighted by molar-refractivity contribution is 0.584. The van der Waals surface area contributed by atoms with Gasteiger partial charge in [-0.15, -0.1) is 0 Å². The minimum atomic E-state index is -3.58. The number of hydrogen-bond donors (Lipinski definition) is 2. The molecule has 0 aliphatic heterocycles. The lowest BCUT2D eigenvalue weighted by Gasteiger charge is -2.07. The fraction of sp³-hybridized carbons (Fsp3) is 0.400. The molecule has 1 aromatic rings. The van der Waals surface area contributed by atoms with Crippen molar-refractivity contribution in [3.63, 3.8) is 0 Å². The summed E-state index contributed by atoms with van der Waals surface area (Å²) in [6.07, 6.45) is 0.988. The predicted molar refractivity (Wildman–Crippen MR) is 62.1 cm³/mol. The fourth-order valence-corrected chi connectivity index (χ4v) is 2.44. The number of nitrogens with one attached hydrogen (secondary N) is 1. The lowest BCUT2D eigenvalue weighted by atomic mass is 10.3. The highest BCUT2D eigenvalue weighted by Gasteiger charge is 2.11. The summed E-state index contributed by atoms with van der Waals surface area (Å²) >= 11 is 0. The quantitative estimate of drug-likeness (QED) is 0.764. The number of hydrogen-bond acceptors (Lipinski definition) is 3. The van der Waals surface area contributed by atoms with Crippen LogP contribution in [0, 0.1) is 11.6 Å². The maximum atomic E-state index is 12.8. The van der Waals surface area contributed by atoms with Crippen LogP contribution in [0.4, 0.5) is 14.5 Å². The number of sulfonamides is 1. The molecular formula is C10H14F2N2O2S. The van der Waals surface area contributed by atoms with Gasteiger partial charge in [-0.1, -0.05) is 0 Å². The van der Waals surface area contributed by atoms with Crippen LogP contribution in [0.5, 0.6) is 0 Å². The Kier molecular flexibility index (Phi) is 4.83. The zero-order chi connectivity index (χ0) is 12.9. The standard InChI is InChI=1S/C10H14F2N2O2S/c11-8-5-9(12)7-10(6-8)14-17(15,16)4-2-1-3-13/h5-7,14H,1-4,13H2. The summed E-state index contributed by atoms with van der Waals surface area (Å²) in [6.45, 7) is 0.407. The number of unbranched alkanes of at least 4 members (excludes halogenated alkanes) is 1. The third-order valence-corrected chi connectivity index (χ3v) is 3.38. The second kappa shape index (κ2) is 5.92. The number of nitrogens with two attached hydrogens (primary N) is 1. The van der Waals surface area contributed by atoms with E-state index in [9.17, 15) is 17.2 Å². The van der Waals surface area contributed by atoms with E-state index >= 15 is 0 Å². The van der Waals surface area contributed by atoms with Crippen molar-refractivity contribution in [1.29, 1.82) is 0 Å². The molecule has 0 aromatic heterocycles. The van der Waals surface area contributed by atoms with Crippen LogP contribution in [0.1, 0.15) is 12.8 Å². The van der Waals surface area contributed by atoms with Crippen molar-refractivity contribution >= 4 is 15.7 Å². The topological polar surface area (TPSA) is 72.2 Å². The van der Waals surface area contributed by atoms with Gasteiger partial charge >= 0.3 is 0 Å². The van der Waals surface area contributed by atoms with E-state index in [0.717, 1.165) is 12.1 Å². The molecule has 0 spiro atoms. The third-order valence-electron chi connectivity index (χ3n) is 2.00. The summed E-state index contributed by atoms with van der Waals surface area (Å²) in [4.78, 5) is 0. The zero-order valence-corrected chi connectivity index (χ0v) is 9.93. The first-order chi connectivity index (χ1) is 7.93. The van der Waals surface area contributed by atoms with Crippen LogP contribution in [0.25, 0.3) is 0 Å². The molecule has 0 saturated heterocycles. The van der Waals surface area contributed by atoms with Crippen LogP contribution >= 0.6 is 0 Å². The van der Waals surface area contributed by atoms with Crippen LogP contribution in [-0.4, -0.2) is 20.7 Å². The fourth-order valence-electron chi connectivity index (χ4n) is 1.28. The van der Waals surface area contributed by atoms with Crippen molar-refractivity contribution < 1.29 is 17.2 Å². The lowest BCUT2D eigenvalue weighted by Crippen LogP contribution is -2.17. The van der Waals surface area contributed by atoms with Gasteiger partial charge in [-0.2, -0.15) is 0 Å². The van der Waals surface area contributed by atoms with Gasteiger partial charge in [-0.05, 0) is 31.5 Å². The molecule has 0 atom stereocenters. The summed E-state index contributed by atoms with van der Waals surface area (Å²) in [7, 11) is -3.58. The highest BCUT2D eigenvalue weighted by molar-refractivity contribution is 7.92. The van der Waals surface area contributed by atoms with Crippen molar-refractivity contribution in [2.75, 3.05) is 17.0 Å². The van der Waals surface area contributed by atoms with Crippen LogP contribution in [0.3, 0.4) is 0 Å². The van der Waals surface area contributed by atoms with Crippen LogP contribution in [-0.2, 0) is 10.0 Å². The Morgan fingerprint density at radius 2 is 1.71 bits per heavy atom. The smallest absolute Gasteiger partial charge is 0.232 e. The molecule has 7 heteroatoms. The van der Waals surface area contributed by atoms with E-state index in [1.807, 2.05) is 0 Å². The first-order valence-corrected chi connectivity index (χ1v) is 6.75.